The second kappa shape index (κ2) is 6.09. The van der Waals surface area contributed by atoms with Crippen LogP contribution in [-0.4, -0.2) is 16.3 Å². The molecule has 0 aliphatic carbocycles. The number of thioether (sulfide) groups is 1. The van der Waals surface area contributed by atoms with Crippen molar-refractivity contribution in [1.82, 2.24) is 0 Å². The lowest BCUT2D eigenvalue weighted by molar-refractivity contribution is -0.132. The molecule has 1 nitrogen and oxygen atoms in total. The molecule has 0 heterocycles. The average molecular weight is 244 g/mol. The summed E-state index contributed by atoms with van der Waals surface area (Å²) in [4.78, 5) is 12.8. The van der Waals surface area contributed by atoms with Crippen LogP contribution in [0.5, 0.6) is 0 Å². The molecule has 0 aliphatic heterocycles. The highest BCUT2D eigenvalue weighted by atomic mass is 32.2. The standard InChI is InChI=1S/C14H28OS/c1-8-13(6,11(4)5)12(15)14(7,9-2)16-10-3/h11H,8-10H2,1-7H3. The van der Waals surface area contributed by atoms with E-state index < -0.39 is 0 Å². The zero-order valence-corrected chi connectivity index (χ0v) is 12.8. The molecule has 0 radical (unpaired) electrons. The molecule has 0 fully saturated rings. The average Bonchev–Trinajstić information content (AvgIpc) is 2.26. The second-order valence-electron chi connectivity index (χ2n) is 5.27. The first-order chi connectivity index (χ1) is 7.28. The Morgan fingerprint density at radius 1 is 1.12 bits per heavy atom. The highest BCUT2D eigenvalue weighted by molar-refractivity contribution is 8.01. The van der Waals surface area contributed by atoms with Gasteiger partial charge in [-0.1, -0.05) is 41.5 Å². The maximum atomic E-state index is 12.8. The summed E-state index contributed by atoms with van der Waals surface area (Å²) in [6, 6.07) is 0. The van der Waals surface area contributed by atoms with Gasteiger partial charge in [0.25, 0.3) is 0 Å². The molecule has 0 saturated heterocycles. The Hall–Kier alpha value is 0.0200. The molecule has 16 heavy (non-hydrogen) atoms. The van der Waals surface area contributed by atoms with Crippen molar-refractivity contribution >= 4 is 17.5 Å². The van der Waals surface area contributed by atoms with Gasteiger partial charge < -0.3 is 0 Å². The zero-order valence-electron chi connectivity index (χ0n) is 12.0. The van der Waals surface area contributed by atoms with Gasteiger partial charge in [0, 0.05) is 5.41 Å². The van der Waals surface area contributed by atoms with Crippen LogP contribution < -0.4 is 0 Å². The molecule has 0 N–H and O–H groups in total. The SMILES string of the molecule is CCSC(C)(CC)C(=O)C(C)(CC)C(C)C. The van der Waals surface area contributed by atoms with Gasteiger partial charge in [-0.15, -0.1) is 11.8 Å². The third-order valence-electron chi connectivity index (χ3n) is 4.15. The largest absolute Gasteiger partial charge is 0.298 e. The normalized spacial score (nSPS) is 19.2. The summed E-state index contributed by atoms with van der Waals surface area (Å²) in [5, 5.41) is 0. The van der Waals surface area contributed by atoms with E-state index in [1.54, 1.807) is 11.8 Å². The van der Waals surface area contributed by atoms with Gasteiger partial charge in [-0.05, 0) is 31.4 Å². The van der Waals surface area contributed by atoms with Crippen LogP contribution in [-0.2, 0) is 4.79 Å². The maximum Gasteiger partial charge on any atom is 0.154 e. The molecule has 2 unspecified atom stereocenters. The van der Waals surface area contributed by atoms with E-state index in [2.05, 4.69) is 48.5 Å². The quantitative estimate of drug-likeness (QED) is 0.653. The smallest absolute Gasteiger partial charge is 0.154 e. The Kier molecular flexibility index (Phi) is 6.10. The van der Waals surface area contributed by atoms with E-state index in [1.165, 1.54) is 0 Å². The molecular formula is C14H28OS. The Balaban J connectivity index is 5.13. The maximum absolute atomic E-state index is 12.8. The van der Waals surface area contributed by atoms with Gasteiger partial charge in [0.15, 0.2) is 5.78 Å². The van der Waals surface area contributed by atoms with E-state index in [9.17, 15) is 4.79 Å². The van der Waals surface area contributed by atoms with Crippen molar-refractivity contribution < 1.29 is 4.79 Å². The molecule has 0 aromatic heterocycles. The van der Waals surface area contributed by atoms with Crippen LogP contribution in [0.4, 0.5) is 0 Å². The fourth-order valence-corrected chi connectivity index (χ4v) is 3.29. The topological polar surface area (TPSA) is 17.1 Å². The molecule has 0 amide bonds. The van der Waals surface area contributed by atoms with Crippen LogP contribution in [0, 0.1) is 11.3 Å². The minimum Gasteiger partial charge on any atom is -0.298 e. The van der Waals surface area contributed by atoms with Crippen molar-refractivity contribution in [2.24, 2.45) is 11.3 Å². The Bertz CT molecular complexity index is 237. The van der Waals surface area contributed by atoms with E-state index in [1.807, 2.05) is 0 Å². The van der Waals surface area contributed by atoms with Crippen LogP contribution in [0.2, 0.25) is 0 Å². The third kappa shape index (κ3) is 3.03. The van der Waals surface area contributed by atoms with Gasteiger partial charge in [0.05, 0.1) is 4.75 Å². The first-order valence-corrected chi connectivity index (χ1v) is 7.45. The molecule has 0 bridgehead atoms. The molecule has 0 spiro atoms. The minimum absolute atomic E-state index is 0.174. The number of ketones is 1. The monoisotopic (exact) mass is 244 g/mol. The summed E-state index contributed by atoms with van der Waals surface area (Å²) in [6.45, 7) is 14.9. The van der Waals surface area contributed by atoms with Gasteiger partial charge >= 0.3 is 0 Å². The van der Waals surface area contributed by atoms with Gasteiger partial charge in [0.1, 0.15) is 0 Å². The van der Waals surface area contributed by atoms with E-state index >= 15 is 0 Å². The second-order valence-corrected chi connectivity index (χ2v) is 7.04. The molecule has 0 aromatic rings. The van der Waals surface area contributed by atoms with Gasteiger partial charge in [0.2, 0.25) is 0 Å². The minimum atomic E-state index is -0.205. The fourth-order valence-electron chi connectivity index (χ4n) is 2.08. The van der Waals surface area contributed by atoms with E-state index in [4.69, 9.17) is 0 Å². The van der Waals surface area contributed by atoms with E-state index in [0.717, 1.165) is 18.6 Å². The van der Waals surface area contributed by atoms with Crippen molar-refractivity contribution in [3.05, 3.63) is 0 Å². The number of hydrogen-bond acceptors (Lipinski definition) is 2. The van der Waals surface area contributed by atoms with E-state index in [0.29, 0.717) is 11.7 Å². The van der Waals surface area contributed by atoms with Gasteiger partial charge in [-0.2, -0.15) is 0 Å². The van der Waals surface area contributed by atoms with Crippen LogP contribution >= 0.6 is 11.8 Å². The molecule has 0 aliphatic rings. The summed E-state index contributed by atoms with van der Waals surface area (Å²) in [5.74, 6) is 1.86. The lowest BCUT2D eigenvalue weighted by atomic mass is 9.69. The number of hydrogen-bond donors (Lipinski definition) is 0. The van der Waals surface area contributed by atoms with Crippen molar-refractivity contribution in [2.45, 2.75) is 66.1 Å². The van der Waals surface area contributed by atoms with Crippen molar-refractivity contribution in [3.8, 4) is 0 Å². The Labute approximate surface area is 106 Å². The summed E-state index contributed by atoms with van der Waals surface area (Å²) < 4.78 is -0.205. The van der Waals surface area contributed by atoms with Crippen LogP contribution in [0.1, 0.15) is 61.3 Å². The molecular weight excluding hydrogens is 216 g/mol. The first kappa shape index (κ1) is 16.0. The predicted molar refractivity (Wildman–Crippen MR) is 75.1 cm³/mol. The highest BCUT2D eigenvalue weighted by Gasteiger charge is 2.44. The van der Waals surface area contributed by atoms with Gasteiger partial charge in [-0.25, -0.2) is 0 Å². The summed E-state index contributed by atoms with van der Waals surface area (Å²) in [5.41, 5.74) is -0.174. The lowest BCUT2D eigenvalue weighted by Crippen LogP contribution is -2.45. The number of Topliss-reactive ketones (excluding diaryl/α,β-unsaturated/α-hetero) is 1. The zero-order chi connectivity index (χ0) is 13.0. The molecule has 2 atom stereocenters. The summed E-state index contributed by atoms with van der Waals surface area (Å²) >= 11 is 1.80. The fraction of sp³-hybridized carbons (Fsp3) is 0.929. The van der Waals surface area contributed by atoms with Crippen LogP contribution in [0.25, 0.3) is 0 Å². The highest BCUT2D eigenvalue weighted by Crippen LogP contribution is 2.42. The number of rotatable bonds is 7. The van der Waals surface area contributed by atoms with Crippen molar-refractivity contribution in [2.75, 3.05) is 5.75 Å². The molecule has 96 valence electrons. The summed E-state index contributed by atoms with van der Waals surface area (Å²) in [6.07, 6.45) is 1.86. The predicted octanol–water partition coefficient (Wildman–Crippen LogP) is 4.55. The Morgan fingerprint density at radius 2 is 1.62 bits per heavy atom. The van der Waals surface area contributed by atoms with Crippen LogP contribution in [0.3, 0.4) is 0 Å². The molecule has 0 saturated carbocycles. The molecule has 0 rings (SSSR count). The summed E-state index contributed by atoms with van der Waals surface area (Å²) in [7, 11) is 0. The van der Waals surface area contributed by atoms with Crippen molar-refractivity contribution in [3.63, 3.8) is 0 Å². The molecule has 2 heteroatoms. The molecule has 0 aromatic carbocycles. The van der Waals surface area contributed by atoms with E-state index in [-0.39, 0.29) is 10.2 Å². The van der Waals surface area contributed by atoms with Gasteiger partial charge in [-0.3, -0.25) is 4.79 Å². The first-order valence-electron chi connectivity index (χ1n) is 6.47. The third-order valence-corrected chi connectivity index (χ3v) is 5.55. The Morgan fingerprint density at radius 3 is 1.88 bits per heavy atom. The number of carbonyl (C=O) groups is 1. The van der Waals surface area contributed by atoms with Crippen molar-refractivity contribution in [1.29, 1.82) is 0 Å². The van der Waals surface area contributed by atoms with Crippen LogP contribution in [0.15, 0.2) is 0 Å². The lowest BCUT2D eigenvalue weighted by Gasteiger charge is -2.39. The number of carbonyl (C=O) groups excluding carboxylic acids is 1.